The van der Waals surface area contributed by atoms with Crippen LogP contribution in [0.2, 0.25) is 0 Å². The second kappa shape index (κ2) is 5.86. The largest absolute Gasteiger partial charge is 0.416 e. The fraction of sp³-hybridized carbons (Fsp3) is 0.417. The molecule has 1 atom stereocenters. The minimum absolute atomic E-state index is 0.172. The molecule has 0 aliphatic heterocycles. The molecule has 1 amide bonds. The van der Waals surface area contributed by atoms with Crippen LogP contribution >= 0.6 is 0 Å². The fourth-order valence-electron chi connectivity index (χ4n) is 1.54. The molecule has 6 heteroatoms. The first kappa shape index (κ1) is 14.5. The van der Waals surface area contributed by atoms with Crippen molar-refractivity contribution in [3.63, 3.8) is 0 Å². The molecule has 0 heterocycles. The molecule has 0 bridgehead atoms. The molecule has 1 unspecified atom stereocenters. The number of primary amides is 1. The molecule has 1 aromatic rings. The van der Waals surface area contributed by atoms with Crippen LogP contribution in [0, 0.1) is 0 Å². The van der Waals surface area contributed by atoms with Gasteiger partial charge < -0.3 is 11.1 Å². The van der Waals surface area contributed by atoms with E-state index >= 15 is 0 Å². The van der Waals surface area contributed by atoms with Crippen molar-refractivity contribution in [2.75, 3.05) is 0 Å². The van der Waals surface area contributed by atoms with E-state index in [1.54, 1.807) is 13.0 Å². The molecule has 1 aromatic carbocycles. The Balaban J connectivity index is 2.71. The van der Waals surface area contributed by atoms with Crippen molar-refractivity contribution < 1.29 is 18.0 Å². The topological polar surface area (TPSA) is 55.1 Å². The van der Waals surface area contributed by atoms with Crippen LogP contribution in [-0.2, 0) is 17.5 Å². The summed E-state index contributed by atoms with van der Waals surface area (Å²) in [5.74, 6) is -0.510. The van der Waals surface area contributed by atoms with Crippen LogP contribution in [0.5, 0.6) is 0 Å². The highest BCUT2D eigenvalue weighted by atomic mass is 19.4. The first-order valence-corrected chi connectivity index (χ1v) is 5.53. The summed E-state index contributed by atoms with van der Waals surface area (Å²) in [5, 5.41) is 2.82. The number of amides is 1. The first-order chi connectivity index (χ1) is 8.34. The van der Waals surface area contributed by atoms with Crippen molar-refractivity contribution in [1.82, 2.24) is 5.32 Å². The first-order valence-electron chi connectivity index (χ1n) is 5.53. The van der Waals surface area contributed by atoms with Gasteiger partial charge in [0.25, 0.3) is 0 Å². The number of hydrogen-bond acceptors (Lipinski definition) is 2. The summed E-state index contributed by atoms with van der Waals surface area (Å²) < 4.78 is 37.4. The SMILES string of the molecule is CCC(NCc1cccc(C(F)(F)F)c1)C(N)=O. The van der Waals surface area contributed by atoms with Crippen LogP contribution in [0.4, 0.5) is 13.2 Å². The molecule has 0 aliphatic rings. The van der Waals surface area contributed by atoms with Crippen LogP contribution in [0.15, 0.2) is 24.3 Å². The summed E-state index contributed by atoms with van der Waals surface area (Å²) in [6.45, 7) is 1.94. The molecule has 1 rings (SSSR count). The maximum Gasteiger partial charge on any atom is 0.416 e. The number of carbonyl (C=O) groups is 1. The third-order valence-electron chi connectivity index (χ3n) is 2.56. The number of nitrogens with two attached hydrogens (primary N) is 1. The number of hydrogen-bond donors (Lipinski definition) is 2. The Labute approximate surface area is 103 Å². The van der Waals surface area contributed by atoms with Gasteiger partial charge in [0.2, 0.25) is 5.91 Å². The Morgan fingerprint density at radius 1 is 1.44 bits per heavy atom. The molecule has 0 radical (unpaired) electrons. The minimum Gasteiger partial charge on any atom is -0.368 e. The zero-order valence-electron chi connectivity index (χ0n) is 9.92. The molecule has 3 nitrogen and oxygen atoms in total. The molecule has 0 spiro atoms. The number of halogens is 3. The van der Waals surface area contributed by atoms with Gasteiger partial charge >= 0.3 is 6.18 Å². The molecular formula is C12H15F3N2O. The highest BCUT2D eigenvalue weighted by molar-refractivity contribution is 5.79. The van der Waals surface area contributed by atoms with Crippen molar-refractivity contribution in [1.29, 1.82) is 0 Å². The lowest BCUT2D eigenvalue weighted by atomic mass is 10.1. The van der Waals surface area contributed by atoms with E-state index in [-0.39, 0.29) is 6.54 Å². The number of alkyl halides is 3. The van der Waals surface area contributed by atoms with Gasteiger partial charge in [-0.05, 0) is 18.1 Å². The highest BCUT2D eigenvalue weighted by Gasteiger charge is 2.30. The molecule has 0 aromatic heterocycles. The third kappa shape index (κ3) is 4.03. The highest BCUT2D eigenvalue weighted by Crippen LogP contribution is 2.29. The molecule has 0 saturated carbocycles. The van der Waals surface area contributed by atoms with Gasteiger partial charge in [-0.2, -0.15) is 13.2 Å². The Hall–Kier alpha value is -1.56. The summed E-state index contributed by atoms with van der Waals surface area (Å²) in [7, 11) is 0. The Kier molecular flexibility index (Phi) is 4.72. The van der Waals surface area contributed by atoms with Crippen LogP contribution in [-0.4, -0.2) is 11.9 Å². The van der Waals surface area contributed by atoms with E-state index < -0.39 is 23.7 Å². The van der Waals surface area contributed by atoms with E-state index in [0.717, 1.165) is 12.1 Å². The van der Waals surface area contributed by atoms with E-state index in [0.29, 0.717) is 12.0 Å². The van der Waals surface area contributed by atoms with Gasteiger partial charge in [0, 0.05) is 6.54 Å². The van der Waals surface area contributed by atoms with E-state index in [1.165, 1.54) is 6.07 Å². The maximum absolute atomic E-state index is 12.5. The van der Waals surface area contributed by atoms with Crippen LogP contribution in [0.1, 0.15) is 24.5 Å². The van der Waals surface area contributed by atoms with Crippen molar-refractivity contribution in [3.8, 4) is 0 Å². The van der Waals surface area contributed by atoms with Crippen LogP contribution in [0.25, 0.3) is 0 Å². The number of carbonyl (C=O) groups excluding carboxylic acids is 1. The second-order valence-corrected chi connectivity index (χ2v) is 3.94. The zero-order chi connectivity index (χ0) is 13.8. The summed E-state index contributed by atoms with van der Waals surface area (Å²) >= 11 is 0. The van der Waals surface area contributed by atoms with Crippen molar-refractivity contribution >= 4 is 5.91 Å². The standard InChI is InChI=1S/C12H15F3N2O/c1-2-10(11(16)18)17-7-8-4-3-5-9(6-8)12(13,14)15/h3-6,10,17H,2,7H2,1H3,(H2,16,18). The number of benzene rings is 1. The Bertz CT molecular complexity index is 418. The molecule has 0 saturated heterocycles. The molecule has 0 aliphatic carbocycles. The van der Waals surface area contributed by atoms with Gasteiger partial charge in [0.05, 0.1) is 11.6 Å². The van der Waals surface area contributed by atoms with E-state index in [1.807, 2.05) is 0 Å². The van der Waals surface area contributed by atoms with Gasteiger partial charge in [-0.25, -0.2) is 0 Å². The van der Waals surface area contributed by atoms with E-state index in [9.17, 15) is 18.0 Å². The smallest absolute Gasteiger partial charge is 0.368 e. The average Bonchev–Trinajstić information content (AvgIpc) is 2.28. The van der Waals surface area contributed by atoms with Gasteiger partial charge in [-0.3, -0.25) is 4.79 Å². The lowest BCUT2D eigenvalue weighted by Crippen LogP contribution is -2.40. The quantitative estimate of drug-likeness (QED) is 0.851. The van der Waals surface area contributed by atoms with Gasteiger partial charge in [0.1, 0.15) is 0 Å². The van der Waals surface area contributed by atoms with Crippen LogP contribution < -0.4 is 11.1 Å². The minimum atomic E-state index is -4.36. The predicted molar refractivity (Wildman–Crippen MR) is 61.6 cm³/mol. The molecule has 3 N–H and O–H groups in total. The Morgan fingerprint density at radius 2 is 2.11 bits per heavy atom. The fourth-order valence-corrected chi connectivity index (χ4v) is 1.54. The summed E-state index contributed by atoms with van der Waals surface area (Å²) in [6.07, 6.45) is -3.86. The van der Waals surface area contributed by atoms with Crippen molar-refractivity contribution in [3.05, 3.63) is 35.4 Å². The summed E-state index contributed by atoms with van der Waals surface area (Å²) in [4.78, 5) is 11.0. The predicted octanol–water partition coefficient (Wildman–Crippen LogP) is 2.06. The molecule has 100 valence electrons. The van der Waals surface area contributed by atoms with Gasteiger partial charge in [-0.1, -0.05) is 25.1 Å². The molecule has 18 heavy (non-hydrogen) atoms. The monoisotopic (exact) mass is 260 g/mol. The van der Waals surface area contributed by atoms with Crippen molar-refractivity contribution in [2.45, 2.75) is 32.1 Å². The number of nitrogens with one attached hydrogen (secondary N) is 1. The van der Waals surface area contributed by atoms with Gasteiger partial charge in [-0.15, -0.1) is 0 Å². The van der Waals surface area contributed by atoms with E-state index in [4.69, 9.17) is 5.73 Å². The lowest BCUT2D eigenvalue weighted by Gasteiger charge is -2.14. The average molecular weight is 260 g/mol. The van der Waals surface area contributed by atoms with Crippen LogP contribution in [0.3, 0.4) is 0 Å². The number of rotatable bonds is 5. The second-order valence-electron chi connectivity index (χ2n) is 3.94. The maximum atomic E-state index is 12.5. The third-order valence-corrected chi connectivity index (χ3v) is 2.56. The lowest BCUT2D eigenvalue weighted by molar-refractivity contribution is -0.137. The van der Waals surface area contributed by atoms with Crippen molar-refractivity contribution in [2.24, 2.45) is 5.73 Å². The van der Waals surface area contributed by atoms with E-state index in [2.05, 4.69) is 5.32 Å². The zero-order valence-corrected chi connectivity index (χ0v) is 9.92. The van der Waals surface area contributed by atoms with Gasteiger partial charge in [0.15, 0.2) is 0 Å². The summed E-state index contributed by atoms with van der Waals surface area (Å²) in [6, 6.07) is 4.44. The molecular weight excluding hydrogens is 245 g/mol. The Morgan fingerprint density at radius 3 is 2.61 bits per heavy atom. The summed E-state index contributed by atoms with van der Waals surface area (Å²) in [5.41, 5.74) is 4.89. The normalized spacial score (nSPS) is 13.3. The molecule has 0 fully saturated rings.